The first-order valence-electron chi connectivity index (χ1n) is 7.42. The molecule has 1 aromatic rings. The Kier molecular flexibility index (Phi) is 5.49. The molecule has 1 aliphatic heterocycles. The summed E-state index contributed by atoms with van der Waals surface area (Å²) in [4.78, 5) is 21.4. The van der Waals surface area contributed by atoms with Gasteiger partial charge in [-0.25, -0.2) is 0 Å². The van der Waals surface area contributed by atoms with E-state index in [1.807, 2.05) is 36.9 Å². The average molecular weight is 276 g/mol. The van der Waals surface area contributed by atoms with Gasteiger partial charge in [-0.3, -0.25) is 14.7 Å². The van der Waals surface area contributed by atoms with Gasteiger partial charge in [0.1, 0.15) is 6.04 Å². The van der Waals surface area contributed by atoms with E-state index in [9.17, 15) is 4.79 Å². The van der Waals surface area contributed by atoms with Crippen LogP contribution in [0.1, 0.15) is 25.6 Å². The molecule has 2 rings (SSSR count). The van der Waals surface area contributed by atoms with Gasteiger partial charge in [0, 0.05) is 45.5 Å². The van der Waals surface area contributed by atoms with Crippen molar-refractivity contribution in [2.75, 3.05) is 39.3 Å². The van der Waals surface area contributed by atoms with Gasteiger partial charge in [-0.2, -0.15) is 0 Å². The van der Waals surface area contributed by atoms with Crippen molar-refractivity contribution in [2.24, 2.45) is 0 Å². The molecule has 1 unspecified atom stereocenters. The zero-order valence-corrected chi connectivity index (χ0v) is 12.4. The SMILES string of the molecule is CCN(CC)C(=O)C(c1ccccn1)N1CCNCC1. The number of piperazine rings is 1. The van der Waals surface area contributed by atoms with Crippen molar-refractivity contribution in [3.05, 3.63) is 30.1 Å². The summed E-state index contributed by atoms with van der Waals surface area (Å²) in [7, 11) is 0. The predicted molar refractivity (Wildman–Crippen MR) is 79.3 cm³/mol. The number of amides is 1. The molecule has 0 radical (unpaired) electrons. The van der Waals surface area contributed by atoms with Gasteiger partial charge in [0.2, 0.25) is 5.91 Å². The minimum absolute atomic E-state index is 0.163. The van der Waals surface area contributed by atoms with E-state index in [0.29, 0.717) is 0 Å². The van der Waals surface area contributed by atoms with E-state index in [1.54, 1.807) is 6.20 Å². The zero-order valence-electron chi connectivity index (χ0n) is 12.4. The third-order valence-corrected chi connectivity index (χ3v) is 3.79. The largest absolute Gasteiger partial charge is 0.342 e. The second-order valence-corrected chi connectivity index (χ2v) is 4.95. The normalized spacial score (nSPS) is 17.7. The zero-order chi connectivity index (χ0) is 14.4. The van der Waals surface area contributed by atoms with Gasteiger partial charge in [0.05, 0.1) is 5.69 Å². The van der Waals surface area contributed by atoms with Crippen molar-refractivity contribution in [1.29, 1.82) is 0 Å². The fourth-order valence-corrected chi connectivity index (χ4v) is 2.66. The Morgan fingerprint density at radius 1 is 1.35 bits per heavy atom. The van der Waals surface area contributed by atoms with E-state index in [4.69, 9.17) is 0 Å². The Hall–Kier alpha value is -1.46. The lowest BCUT2D eigenvalue weighted by Crippen LogP contribution is -2.50. The molecule has 1 aliphatic rings. The molecule has 1 N–H and O–H groups in total. The highest BCUT2D eigenvalue weighted by molar-refractivity contribution is 5.82. The number of likely N-dealkylation sites (N-methyl/N-ethyl adjacent to an activating group) is 1. The summed E-state index contributed by atoms with van der Waals surface area (Å²) in [5.41, 5.74) is 0.853. The molecule has 0 bridgehead atoms. The Labute approximate surface area is 121 Å². The molecule has 1 saturated heterocycles. The standard InChI is InChI=1S/C15H24N4O/c1-3-18(4-2)15(20)14(13-7-5-6-8-17-13)19-11-9-16-10-12-19/h5-8,14,16H,3-4,9-12H2,1-2H3. The van der Waals surface area contributed by atoms with Gasteiger partial charge in [0.25, 0.3) is 0 Å². The second-order valence-electron chi connectivity index (χ2n) is 4.95. The number of nitrogens with zero attached hydrogens (tertiary/aromatic N) is 3. The first-order chi connectivity index (χ1) is 9.77. The monoisotopic (exact) mass is 276 g/mol. The lowest BCUT2D eigenvalue weighted by Gasteiger charge is -2.36. The highest BCUT2D eigenvalue weighted by Crippen LogP contribution is 2.21. The van der Waals surface area contributed by atoms with Crippen LogP contribution in [0.3, 0.4) is 0 Å². The van der Waals surface area contributed by atoms with E-state index < -0.39 is 0 Å². The number of rotatable bonds is 5. The molecule has 2 heterocycles. The predicted octanol–water partition coefficient (Wildman–Crippen LogP) is 0.896. The number of carbonyl (C=O) groups is 1. The molecular formula is C15H24N4O. The van der Waals surface area contributed by atoms with Crippen molar-refractivity contribution < 1.29 is 4.79 Å². The third kappa shape index (κ3) is 3.35. The average Bonchev–Trinajstić information content (AvgIpc) is 2.51. The summed E-state index contributed by atoms with van der Waals surface area (Å²) >= 11 is 0. The number of pyridine rings is 1. The molecule has 0 spiro atoms. The van der Waals surface area contributed by atoms with Crippen molar-refractivity contribution in [3.8, 4) is 0 Å². The van der Waals surface area contributed by atoms with Crippen LogP contribution < -0.4 is 5.32 Å². The summed E-state index contributed by atoms with van der Waals surface area (Å²) < 4.78 is 0. The maximum absolute atomic E-state index is 12.8. The minimum atomic E-state index is -0.252. The topological polar surface area (TPSA) is 48.5 Å². The molecule has 1 aromatic heterocycles. The van der Waals surface area contributed by atoms with Crippen molar-refractivity contribution in [2.45, 2.75) is 19.9 Å². The number of carbonyl (C=O) groups excluding carboxylic acids is 1. The summed E-state index contributed by atoms with van der Waals surface area (Å²) in [5, 5.41) is 3.33. The van der Waals surface area contributed by atoms with Crippen LogP contribution in [0.2, 0.25) is 0 Å². The van der Waals surface area contributed by atoms with Gasteiger partial charge in [-0.05, 0) is 26.0 Å². The molecule has 1 atom stereocenters. The maximum Gasteiger partial charge on any atom is 0.246 e. The lowest BCUT2D eigenvalue weighted by molar-refractivity contribution is -0.137. The van der Waals surface area contributed by atoms with E-state index >= 15 is 0 Å². The first-order valence-corrected chi connectivity index (χ1v) is 7.42. The summed E-state index contributed by atoms with van der Waals surface area (Å²) in [6.45, 7) is 9.14. The quantitative estimate of drug-likeness (QED) is 0.868. The Balaban J connectivity index is 2.26. The van der Waals surface area contributed by atoms with Gasteiger partial charge in [0.15, 0.2) is 0 Å². The molecule has 0 aliphatic carbocycles. The number of hydrogen-bond donors (Lipinski definition) is 1. The smallest absolute Gasteiger partial charge is 0.246 e. The van der Waals surface area contributed by atoms with Crippen LogP contribution in [0.4, 0.5) is 0 Å². The Morgan fingerprint density at radius 3 is 2.60 bits per heavy atom. The summed E-state index contributed by atoms with van der Waals surface area (Å²) in [5.74, 6) is 0.163. The molecule has 0 aromatic carbocycles. The second kappa shape index (κ2) is 7.36. The van der Waals surface area contributed by atoms with Crippen LogP contribution in [0.25, 0.3) is 0 Å². The fourth-order valence-electron chi connectivity index (χ4n) is 2.66. The minimum Gasteiger partial charge on any atom is -0.342 e. The Bertz CT molecular complexity index is 413. The van der Waals surface area contributed by atoms with Crippen LogP contribution in [-0.2, 0) is 4.79 Å². The van der Waals surface area contributed by atoms with Gasteiger partial charge >= 0.3 is 0 Å². The highest BCUT2D eigenvalue weighted by atomic mass is 16.2. The Morgan fingerprint density at radius 2 is 2.05 bits per heavy atom. The highest BCUT2D eigenvalue weighted by Gasteiger charge is 2.31. The van der Waals surface area contributed by atoms with Crippen LogP contribution in [0, 0.1) is 0 Å². The molecule has 1 fully saturated rings. The van der Waals surface area contributed by atoms with E-state index in [2.05, 4.69) is 15.2 Å². The van der Waals surface area contributed by atoms with E-state index in [0.717, 1.165) is 45.0 Å². The molecule has 5 nitrogen and oxygen atoms in total. The van der Waals surface area contributed by atoms with Crippen LogP contribution in [-0.4, -0.2) is 60.0 Å². The number of hydrogen-bond acceptors (Lipinski definition) is 4. The number of nitrogens with one attached hydrogen (secondary N) is 1. The van der Waals surface area contributed by atoms with Gasteiger partial charge < -0.3 is 10.2 Å². The van der Waals surface area contributed by atoms with Gasteiger partial charge in [-0.1, -0.05) is 6.07 Å². The molecule has 5 heteroatoms. The molecule has 20 heavy (non-hydrogen) atoms. The van der Waals surface area contributed by atoms with Crippen LogP contribution >= 0.6 is 0 Å². The molecule has 110 valence electrons. The summed E-state index contributed by atoms with van der Waals surface area (Å²) in [6.07, 6.45) is 1.76. The van der Waals surface area contributed by atoms with E-state index in [1.165, 1.54) is 0 Å². The molecule has 0 saturated carbocycles. The molecular weight excluding hydrogens is 252 g/mol. The molecule has 1 amide bonds. The fraction of sp³-hybridized carbons (Fsp3) is 0.600. The third-order valence-electron chi connectivity index (χ3n) is 3.79. The number of aromatic nitrogens is 1. The van der Waals surface area contributed by atoms with Crippen molar-refractivity contribution in [3.63, 3.8) is 0 Å². The lowest BCUT2D eigenvalue weighted by atomic mass is 10.1. The summed E-state index contributed by atoms with van der Waals surface area (Å²) in [6, 6.07) is 5.54. The maximum atomic E-state index is 12.8. The van der Waals surface area contributed by atoms with Crippen LogP contribution in [0.5, 0.6) is 0 Å². The van der Waals surface area contributed by atoms with E-state index in [-0.39, 0.29) is 11.9 Å². The van der Waals surface area contributed by atoms with Crippen LogP contribution in [0.15, 0.2) is 24.4 Å². The van der Waals surface area contributed by atoms with Crippen molar-refractivity contribution >= 4 is 5.91 Å². The first kappa shape index (κ1) is 14.9. The van der Waals surface area contributed by atoms with Gasteiger partial charge in [-0.15, -0.1) is 0 Å². The van der Waals surface area contributed by atoms with Crippen molar-refractivity contribution in [1.82, 2.24) is 20.1 Å².